The van der Waals surface area contributed by atoms with E-state index in [9.17, 15) is 19.4 Å². The number of quaternary nitrogens is 1. The molecule has 0 aromatic carbocycles. The van der Waals surface area contributed by atoms with E-state index in [4.69, 9.17) is 9.05 Å². The maximum atomic E-state index is 12.8. The molecule has 272 valence electrons. The molecule has 3 N–H and O–H groups in total. The van der Waals surface area contributed by atoms with E-state index >= 15 is 0 Å². The van der Waals surface area contributed by atoms with Crippen LogP contribution in [0.4, 0.5) is 0 Å². The van der Waals surface area contributed by atoms with Crippen molar-refractivity contribution in [2.45, 2.75) is 167 Å². The molecule has 0 aliphatic rings. The van der Waals surface area contributed by atoms with E-state index < -0.39 is 20.0 Å². The highest BCUT2D eigenvalue weighted by atomic mass is 31.2. The smallest absolute Gasteiger partial charge is 0.391 e. The van der Waals surface area contributed by atoms with Gasteiger partial charge in [-0.25, -0.2) is 4.57 Å². The minimum atomic E-state index is -4.30. The molecule has 9 heteroatoms. The van der Waals surface area contributed by atoms with E-state index in [-0.39, 0.29) is 19.1 Å². The number of rotatable bonds is 33. The van der Waals surface area contributed by atoms with Crippen molar-refractivity contribution in [1.29, 1.82) is 0 Å². The quantitative estimate of drug-likeness (QED) is 0.0278. The van der Waals surface area contributed by atoms with Gasteiger partial charge in [-0.15, -0.1) is 0 Å². The third-order valence-electron chi connectivity index (χ3n) is 8.20. The lowest BCUT2D eigenvalue weighted by molar-refractivity contribution is -0.870. The molecular formula is C37H74N2O6P+. The number of hydrogen-bond donors (Lipinski definition) is 3. The zero-order valence-electron chi connectivity index (χ0n) is 30.6. The molecule has 46 heavy (non-hydrogen) atoms. The molecule has 0 aromatic rings. The number of hydrogen-bond acceptors (Lipinski definition) is 5. The van der Waals surface area contributed by atoms with E-state index in [1.54, 1.807) is 0 Å². The Balaban J connectivity index is 4.43. The summed E-state index contributed by atoms with van der Waals surface area (Å²) in [5, 5.41) is 13.8. The van der Waals surface area contributed by atoms with Crippen LogP contribution in [0.5, 0.6) is 0 Å². The lowest BCUT2D eigenvalue weighted by atomic mass is 10.0. The molecule has 1 amide bonds. The van der Waals surface area contributed by atoms with Crippen molar-refractivity contribution in [3.8, 4) is 0 Å². The Bertz CT molecular complexity index is 814. The van der Waals surface area contributed by atoms with Gasteiger partial charge in [-0.05, 0) is 44.9 Å². The summed E-state index contributed by atoms with van der Waals surface area (Å²) in [7, 11) is 1.60. The molecule has 8 nitrogen and oxygen atoms in total. The number of nitrogens with zero attached hydrogens (tertiary/aromatic N) is 1. The van der Waals surface area contributed by atoms with Crippen LogP contribution in [0.1, 0.15) is 155 Å². The molecule has 0 radical (unpaired) electrons. The fraction of sp³-hybridized carbons (Fsp3) is 0.865. The first kappa shape index (κ1) is 45.0. The number of phosphoric ester groups is 1. The average molecular weight is 674 g/mol. The molecule has 0 aromatic heterocycles. The highest BCUT2D eigenvalue weighted by Crippen LogP contribution is 2.43. The average Bonchev–Trinajstić information content (AvgIpc) is 2.99. The van der Waals surface area contributed by atoms with Crippen LogP contribution < -0.4 is 5.32 Å². The molecule has 0 spiro atoms. The standard InChI is InChI=1S/C37H73N2O6P/c1-6-8-10-12-14-16-17-18-19-20-21-22-23-25-27-29-31-37(41)38-35(34-45-46(42,43)44-33-32-39(3,4)5)36(40)30-28-26-24-15-13-11-9-7-2/h16-17,19-20,35-36,40H,6-15,18,21-34H2,1-5H3,(H-,38,41,42,43)/p+1/b17-16-,20-19-. The van der Waals surface area contributed by atoms with E-state index in [2.05, 4.69) is 43.5 Å². The molecule has 3 unspecified atom stereocenters. The molecule has 3 atom stereocenters. The number of aliphatic hydroxyl groups excluding tert-OH is 1. The number of allylic oxidation sites excluding steroid dienone is 4. The Labute approximate surface area is 284 Å². The van der Waals surface area contributed by atoms with E-state index in [0.717, 1.165) is 64.2 Å². The van der Waals surface area contributed by atoms with E-state index in [0.29, 0.717) is 23.9 Å². The first-order chi connectivity index (χ1) is 22.0. The Morgan fingerprint density at radius 2 is 1.24 bits per heavy atom. The second-order valence-corrected chi connectivity index (χ2v) is 15.4. The van der Waals surface area contributed by atoms with Crippen molar-refractivity contribution >= 4 is 13.7 Å². The Hall–Kier alpha value is -1.02. The van der Waals surface area contributed by atoms with Crippen molar-refractivity contribution in [3.63, 3.8) is 0 Å². The number of likely N-dealkylation sites (N-methyl/N-ethyl adjacent to an activating group) is 1. The molecule has 0 saturated heterocycles. The van der Waals surface area contributed by atoms with Gasteiger partial charge in [0.15, 0.2) is 0 Å². The first-order valence-corrected chi connectivity index (χ1v) is 20.2. The van der Waals surface area contributed by atoms with Gasteiger partial charge in [0.2, 0.25) is 5.91 Å². The van der Waals surface area contributed by atoms with Crippen LogP contribution >= 0.6 is 7.82 Å². The molecule has 0 rings (SSSR count). The first-order valence-electron chi connectivity index (χ1n) is 18.7. The molecule has 0 aliphatic heterocycles. The van der Waals surface area contributed by atoms with E-state index in [1.165, 1.54) is 64.2 Å². The predicted molar refractivity (Wildman–Crippen MR) is 194 cm³/mol. The Kier molecular flexibility index (Phi) is 29.4. The minimum Gasteiger partial charge on any atom is -0.391 e. The summed E-state index contributed by atoms with van der Waals surface area (Å²) in [5.74, 6) is -0.163. The van der Waals surface area contributed by atoms with E-state index in [1.807, 2.05) is 21.1 Å². The maximum Gasteiger partial charge on any atom is 0.472 e. The summed E-state index contributed by atoms with van der Waals surface area (Å²) >= 11 is 0. The van der Waals surface area contributed by atoms with Gasteiger partial charge in [0.25, 0.3) is 0 Å². The van der Waals surface area contributed by atoms with Crippen molar-refractivity contribution in [3.05, 3.63) is 24.3 Å². The van der Waals surface area contributed by atoms with Crippen LogP contribution in [0, 0.1) is 0 Å². The number of aliphatic hydroxyl groups is 1. The van der Waals surface area contributed by atoms with Gasteiger partial charge in [0, 0.05) is 6.42 Å². The zero-order chi connectivity index (χ0) is 34.4. The van der Waals surface area contributed by atoms with Crippen molar-refractivity contribution in [2.75, 3.05) is 40.9 Å². The third kappa shape index (κ3) is 31.6. The summed E-state index contributed by atoms with van der Waals surface area (Å²) in [5.41, 5.74) is 0. The summed E-state index contributed by atoms with van der Waals surface area (Å²) < 4.78 is 23.4. The Morgan fingerprint density at radius 1 is 0.739 bits per heavy atom. The second-order valence-electron chi connectivity index (χ2n) is 14.0. The fourth-order valence-corrected chi connectivity index (χ4v) is 5.87. The number of phosphoric acid groups is 1. The summed E-state index contributed by atoms with van der Waals surface area (Å²) in [4.78, 5) is 22.9. The van der Waals surface area contributed by atoms with Gasteiger partial charge >= 0.3 is 7.82 Å². The van der Waals surface area contributed by atoms with Crippen LogP contribution in [-0.2, 0) is 18.4 Å². The van der Waals surface area contributed by atoms with Crippen molar-refractivity contribution in [1.82, 2.24) is 5.32 Å². The van der Waals surface area contributed by atoms with Crippen LogP contribution in [0.2, 0.25) is 0 Å². The third-order valence-corrected chi connectivity index (χ3v) is 9.19. The highest BCUT2D eigenvalue weighted by Gasteiger charge is 2.28. The lowest BCUT2D eigenvalue weighted by Crippen LogP contribution is -2.46. The number of unbranched alkanes of at least 4 members (excludes halogenated alkanes) is 16. The molecule has 0 aliphatic carbocycles. The van der Waals surface area contributed by atoms with Gasteiger partial charge in [-0.3, -0.25) is 13.8 Å². The normalized spacial score (nSPS) is 15.0. The molecule has 0 saturated carbocycles. The predicted octanol–water partition coefficient (Wildman–Crippen LogP) is 9.41. The fourth-order valence-electron chi connectivity index (χ4n) is 5.13. The summed E-state index contributed by atoms with van der Waals surface area (Å²) in [6.45, 7) is 4.80. The SMILES string of the molecule is CCCCCC/C=C\C/C=C\CCCCCCCC(=O)NC(COP(=O)(O)OCC[N+](C)(C)C)C(O)CCCCCCCCCC. The van der Waals surface area contributed by atoms with Crippen LogP contribution in [-0.4, -0.2) is 73.4 Å². The van der Waals surface area contributed by atoms with Gasteiger partial charge in [0.05, 0.1) is 39.9 Å². The zero-order valence-corrected chi connectivity index (χ0v) is 31.5. The number of carbonyl (C=O) groups is 1. The topological polar surface area (TPSA) is 105 Å². The molecular weight excluding hydrogens is 599 g/mol. The molecule has 0 fully saturated rings. The van der Waals surface area contributed by atoms with Crippen molar-refractivity contribution in [2.24, 2.45) is 0 Å². The number of amides is 1. The van der Waals surface area contributed by atoms with Crippen LogP contribution in [0.25, 0.3) is 0 Å². The van der Waals surface area contributed by atoms with Gasteiger partial charge in [0.1, 0.15) is 13.2 Å². The number of nitrogens with one attached hydrogen (secondary N) is 1. The van der Waals surface area contributed by atoms with Crippen molar-refractivity contribution < 1.29 is 32.9 Å². The highest BCUT2D eigenvalue weighted by molar-refractivity contribution is 7.47. The van der Waals surface area contributed by atoms with Crippen LogP contribution in [0.3, 0.4) is 0 Å². The second kappa shape index (κ2) is 30.1. The van der Waals surface area contributed by atoms with Crippen LogP contribution in [0.15, 0.2) is 24.3 Å². The minimum absolute atomic E-state index is 0.0714. The molecule has 0 bridgehead atoms. The molecule has 0 heterocycles. The van der Waals surface area contributed by atoms with Gasteiger partial charge in [-0.1, -0.05) is 128 Å². The lowest BCUT2D eigenvalue weighted by Gasteiger charge is -2.26. The Morgan fingerprint density at radius 3 is 1.80 bits per heavy atom. The maximum absolute atomic E-state index is 12.8. The largest absolute Gasteiger partial charge is 0.472 e. The number of carbonyl (C=O) groups excluding carboxylic acids is 1. The summed E-state index contributed by atoms with van der Waals surface area (Å²) in [6.07, 6.45) is 32.0. The van der Waals surface area contributed by atoms with Gasteiger partial charge in [-0.2, -0.15) is 0 Å². The monoisotopic (exact) mass is 674 g/mol. The summed E-state index contributed by atoms with van der Waals surface area (Å²) in [6, 6.07) is -0.762. The van der Waals surface area contributed by atoms with Gasteiger partial charge < -0.3 is 19.8 Å².